The van der Waals surface area contributed by atoms with Crippen molar-refractivity contribution in [3.05, 3.63) is 22.4 Å². The molecule has 144 valence electrons. The topological polar surface area (TPSA) is 41.6 Å². The first-order valence-corrected chi connectivity index (χ1v) is 10.9. The maximum Gasteiger partial charge on any atom is 0.225 e. The number of thiophene rings is 1. The highest BCUT2D eigenvalue weighted by atomic mass is 32.1. The van der Waals surface area contributed by atoms with Crippen LogP contribution in [-0.4, -0.2) is 48.7 Å². The third-order valence-corrected chi connectivity index (χ3v) is 7.36. The van der Waals surface area contributed by atoms with Crippen LogP contribution in [0.2, 0.25) is 0 Å². The number of nitrogens with zero attached hydrogens (tertiary/aromatic N) is 1. The highest BCUT2D eigenvalue weighted by molar-refractivity contribution is 7.10. The normalized spacial score (nSPS) is 33.6. The molecule has 0 aromatic carbocycles. The fraction of sp³-hybridized carbons (Fsp3) is 0.762. The van der Waals surface area contributed by atoms with Gasteiger partial charge in [-0.15, -0.1) is 11.3 Å². The number of likely N-dealkylation sites (tertiary alicyclic amines) is 1. The molecule has 3 fully saturated rings. The minimum atomic E-state index is 0.0751. The summed E-state index contributed by atoms with van der Waals surface area (Å²) < 4.78 is 6.51. The van der Waals surface area contributed by atoms with Crippen LogP contribution >= 0.6 is 11.3 Å². The van der Waals surface area contributed by atoms with Crippen molar-refractivity contribution in [1.82, 2.24) is 10.2 Å². The van der Waals surface area contributed by atoms with Crippen LogP contribution in [0.4, 0.5) is 0 Å². The SMILES string of the molecule is CC(C)(C)CCN1C[C@@H]2[C@H](CNC(=O)Cc3cccs3)[C@H]3CC[C@]2(C1)O3. The van der Waals surface area contributed by atoms with E-state index in [1.807, 2.05) is 17.5 Å². The molecule has 0 aliphatic carbocycles. The van der Waals surface area contributed by atoms with Gasteiger partial charge in [-0.2, -0.15) is 0 Å². The quantitative estimate of drug-likeness (QED) is 0.828. The van der Waals surface area contributed by atoms with E-state index < -0.39 is 0 Å². The molecule has 1 spiro atoms. The van der Waals surface area contributed by atoms with E-state index in [2.05, 4.69) is 31.0 Å². The summed E-state index contributed by atoms with van der Waals surface area (Å²) in [6.07, 6.45) is 4.44. The van der Waals surface area contributed by atoms with Crippen molar-refractivity contribution in [2.75, 3.05) is 26.2 Å². The van der Waals surface area contributed by atoms with Gasteiger partial charge in [0.25, 0.3) is 0 Å². The van der Waals surface area contributed by atoms with E-state index in [1.54, 1.807) is 11.3 Å². The fourth-order valence-corrected chi connectivity index (χ4v) is 5.79. The first-order chi connectivity index (χ1) is 12.3. The molecule has 1 N–H and O–H groups in total. The van der Waals surface area contributed by atoms with Gasteiger partial charge in [0.2, 0.25) is 5.91 Å². The largest absolute Gasteiger partial charge is 0.370 e. The predicted octanol–water partition coefficient (Wildman–Crippen LogP) is 3.32. The molecule has 5 heteroatoms. The smallest absolute Gasteiger partial charge is 0.225 e. The van der Waals surface area contributed by atoms with Gasteiger partial charge in [0.05, 0.1) is 18.1 Å². The monoisotopic (exact) mass is 376 g/mol. The van der Waals surface area contributed by atoms with Crippen LogP contribution in [0.3, 0.4) is 0 Å². The number of carbonyl (C=O) groups is 1. The van der Waals surface area contributed by atoms with Gasteiger partial charge in [0.1, 0.15) is 0 Å². The van der Waals surface area contributed by atoms with E-state index in [1.165, 1.54) is 12.8 Å². The van der Waals surface area contributed by atoms with E-state index in [9.17, 15) is 4.79 Å². The summed E-state index contributed by atoms with van der Waals surface area (Å²) in [5, 5.41) is 5.23. The van der Waals surface area contributed by atoms with E-state index in [0.29, 0.717) is 29.8 Å². The Hall–Kier alpha value is -0.910. The molecule has 0 saturated carbocycles. The van der Waals surface area contributed by atoms with Gasteiger partial charge < -0.3 is 15.0 Å². The second-order valence-corrected chi connectivity index (χ2v) is 10.7. The Balaban J connectivity index is 1.32. The zero-order chi connectivity index (χ0) is 18.4. The van der Waals surface area contributed by atoms with Crippen molar-refractivity contribution in [2.24, 2.45) is 17.3 Å². The highest BCUT2D eigenvalue weighted by Gasteiger charge is 2.62. The molecule has 26 heavy (non-hydrogen) atoms. The van der Waals surface area contributed by atoms with Crippen LogP contribution in [0.15, 0.2) is 17.5 Å². The van der Waals surface area contributed by atoms with Crippen LogP contribution in [0, 0.1) is 17.3 Å². The standard InChI is InChI=1S/C21H32N2O2S/c1-20(2,3)8-9-23-13-17-16(18-6-7-21(17,14-23)25-18)12-22-19(24)11-15-5-4-10-26-15/h4-5,10,16-18H,6-9,11-14H2,1-3H3,(H,22,24)/t16-,17+,18+,21+/m0/s1. The predicted molar refractivity (Wildman–Crippen MR) is 105 cm³/mol. The molecule has 1 aromatic heterocycles. The Labute approximate surface area is 161 Å². The van der Waals surface area contributed by atoms with Gasteiger partial charge in [-0.25, -0.2) is 0 Å². The molecular weight excluding hydrogens is 344 g/mol. The minimum absolute atomic E-state index is 0.0751. The summed E-state index contributed by atoms with van der Waals surface area (Å²) in [6.45, 7) is 11.1. The van der Waals surface area contributed by atoms with Crippen LogP contribution < -0.4 is 5.32 Å². The average Bonchev–Trinajstić information content (AvgIpc) is 3.31. The summed E-state index contributed by atoms with van der Waals surface area (Å²) in [5.74, 6) is 1.21. The molecule has 4 rings (SSSR count). The van der Waals surface area contributed by atoms with Gasteiger partial charge in [-0.05, 0) is 42.7 Å². The van der Waals surface area contributed by atoms with E-state index >= 15 is 0 Å². The zero-order valence-electron chi connectivity index (χ0n) is 16.3. The summed E-state index contributed by atoms with van der Waals surface area (Å²) >= 11 is 1.65. The summed E-state index contributed by atoms with van der Waals surface area (Å²) in [6, 6.07) is 4.04. The molecule has 4 atom stereocenters. The van der Waals surface area contributed by atoms with Gasteiger partial charge >= 0.3 is 0 Å². The molecule has 4 nitrogen and oxygen atoms in total. The van der Waals surface area contributed by atoms with Crippen LogP contribution in [0.25, 0.3) is 0 Å². The van der Waals surface area contributed by atoms with Gasteiger partial charge in [-0.3, -0.25) is 4.79 Å². The number of hydrogen-bond acceptors (Lipinski definition) is 4. The Kier molecular flexibility index (Phi) is 4.91. The van der Waals surface area contributed by atoms with Crippen molar-refractivity contribution in [2.45, 2.75) is 58.2 Å². The Bertz CT molecular complexity index is 639. The van der Waals surface area contributed by atoms with E-state index in [0.717, 1.165) is 37.5 Å². The summed E-state index contributed by atoms with van der Waals surface area (Å²) in [5.41, 5.74) is 0.454. The summed E-state index contributed by atoms with van der Waals surface area (Å²) in [7, 11) is 0. The molecule has 3 aliphatic rings. The molecule has 4 heterocycles. The third kappa shape index (κ3) is 3.71. The Morgan fingerprint density at radius 3 is 3.04 bits per heavy atom. The maximum atomic E-state index is 12.3. The van der Waals surface area contributed by atoms with Gasteiger partial charge in [-0.1, -0.05) is 26.8 Å². The first kappa shape index (κ1) is 18.5. The number of carbonyl (C=O) groups excluding carboxylic acids is 1. The maximum absolute atomic E-state index is 12.3. The van der Waals surface area contributed by atoms with Gasteiger partial charge in [0.15, 0.2) is 0 Å². The molecule has 0 radical (unpaired) electrons. The molecule has 1 amide bonds. The van der Waals surface area contributed by atoms with E-state index in [-0.39, 0.29) is 11.5 Å². The zero-order valence-corrected chi connectivity index (χ0v) is 17.1. The van der Waals surface area contributed by atoms with Crippen molar-refractivity contribution in [1.29, 1.82) is 0 Å². The lowest BCUT2D eigenvalue weighted by Crippen LogP contribution is -2.42. The first-order valence-electron chi connectivity index (χ1n) is 10.0. The molecular formula is C21H32N2O2S. The highest BCUT2D eigenvalue weighted by Crippen LogP contribution is 2.54. The molecule has 0 unspecified atom stereocenters. The Morgan fingerprint density at radius 1 is 1.46 bits per heavy atom. The minimum Gasteiger partial charge on any atom is -0.370 e. The lowest BCUT2D eigenvalue weighted by atomic mass is 9.73. The number of hydrogen-bond donors (Lipinski definition) is 1. The van der Waals surface area contributed by atoms with Crippen molar-refractivity contribution < 1.29 is 9.53 Å². The number of nitrogens with one attached hydrogen (secondary N) is 1. The molecule has 3 aliphatic heterocycles. The molecule has 3 saturated heterocycles. The number of ether oxygens (including phenoxy) is 1. The lowest BCUT2D eigenvalue weighted by molar-refractivity contribution is -0.120. The molecule has 1 aromatic rings. The second-order valence-electron chi connectivity index (χ2n) is 9.64. The van der Waals surface area contributed by atoms with Crippen LogP contribution in [0.1, 0.15) is 44.9 Å². The Morgan fingerprint density at radius 2 is 2.31 bits per heavy atom. The van der Waals surface area contributed by atoms with Crippen LogP contribution in [-0.2, 0) is 16.0 Å². The van der Waals surface area contributed by atoms with Crippen molar-refractivity contribution >= 4 is 17.2 Å². The third-order valence-electron chi connectivity index (χ3n) is 6.48. The summed E-state index contributed by atoms with van der Waals surface area (Å²) in [4.78, 5) is 16.0. The van der Waals surface area contributed by atoms with E-state index in [4.69, 9.17) is 4.74 Å². The molecule has 2 bridgehead atoms. The lowest BCUT2D eigenvalue weighted by Gasteiger charge is -2.29. The number of fused-ring (bicyclic) bond motifs is 1. The van der Waals surface area contributed by atoms with Crippen LogP contribution in [0.5, 0.6) is 0 Å². The number of rotatable bonds is 6. The average molecular weight is 377 g/mol. The second kappa shape index (κ2) is 6.92. The van der Waals surface area contributed by atoms with Gasteiger partial charge in [0, 0.05) is 36.3 Å². The fourth-order valence-electron chi connectivity index (χ4n) is 5.09. The van der Waals surface area contributed by atoms with Crippen molar-refractivity contribution in [3.63, 3.8) is 0 Å². The number of amides is 1. The van der Waals surface area contributed by atoms with Crippen molar-refractivity contribution in [3.8, 4) is 0 Å².